The molecule has 166 valence electrons. The smallest absolute Gasteiger partial charge is 0.191 e. The molecule has 1 aromatic carbocycles. The molecule has 0 bridgehead atoms. The monoisotopic (exact) mass is 519 g/mol. The van der Waals surface area contributed by atoms with Gasteiger partial charge in [-0.05, 0) is 43.2 Å². The molecule has 2 N–H and O–H groups in total. The van der Waals surface area contributed by atoms with Crippen molar-refractivity contribution in [3.63, 3.8) is 0 Å². The molecule has 1 saturated carbocycles. The van der Waals surface area contributed by atoms with Gasteiger partial charge >= 0.3 is 0 Å². The number of aliphatic imine (C=N–C) groups is 1. The van der Waals surface area contributed by atoms with Crippen molar-refractivity contribution in [2.24, 2.45) is 10.4 Å². The van der Waals surface area contributed by atoms with E-state index in [2.05, 4.69) is 40.7 Å². The number of methoxy groups -OCH3 is 2. The van der Waals surface area contributed by atoms with Crippen molar-refractivity contribution < 1.29 is 14.2 Å². The van der Waals surface area contributed by atoms with Crippen LogP contribution in [0.5, 0.6) is 5.75 Å². The molecule has 0 atom stereocenters. The van der Waals surface area contributed by atoms with E-state index in [-0.39, 0.29) is 24.0 Å². The Bertz CT molecular complexity index is 621. The highest BCUT2D eigenvalue weighted by Crippen LogP contribution is 2.43. The van der Waals surface area contributed by atoms with Gasteiger partial charge in [0, 0.05) is 59.6 Å². The third kappa shape index (κ3) is 8.68. The van der Waals surface area contributed by atoms with Gasteiger partial charge in [-0.15, -0.1) is 24.0 Å². The molecule has 0 radical (unpaired) electrons. The van der Waals surface area contributed by atoms with Crippen LogP contribution in [0, 0.1) is 12.3 Å². The Morgan fingerprint density at radius 1 is 1.10 bits per heavy atom. The van der Waals surface area contributed by atoms with Crippen molar-refractivity contribution in [1.82, 2.24) is 10.6 Å². The van der Waals surface area contributed by atoms with Gasteiger partial charge in [-0.2, -0.15) is 0 Å². The summed E-state index contributed by atoms with van der Waals surface area (Å²) in [5, 5.41) is 6.94. The van der Waals surface area contributed by atoms with Gasteiger partial charge in [-0.1, -0.05) is 18.6 Å². The molecule has 1 fully saturated rings. The second-order valence-electron chi connectivity index (χ2n) is 7.68. The van der Waals surface area contributed by atoms with Crippen molar-refractivity contribution in [2.75, 3.05) is 47.6 Å². The lowest BCUT2D eigenvalue weighted by Gasteiger charge is -2.42. The highest BCUT2D eigenvalue weighted by atomic mass is 127. The number of halogens is 1. The second-order valence-corrected chi connectivity index (χ2v) is 7.68. The molecular formula is C22H38IN3O3. The number of hydrogen-bond donors (Lipinski definition) is 2. The SMILES string of the molecule is CN=C(NCc1ccc(C)cc1OCCCOC)NCC1(CCOC)CCC1.I. The average molecular weight is 519 g/mol. The van der Waals surface area contributed by atoms with Crippen LogP contribution >= 0.6 is 24.0 Å². The average Bonchev–Trinajstić information content (AvgIpc) is 2.67. The van der Waals surface area contributed by atoms with Gasteiger partial charge < -0.3 is 24.8 Å². The minimum atomic E-state index is 0. The van der Waals surface area contributed by atoms with Gasteiger partial charge in [0.2, 0.25) is 0 Å². The first-order valence-electron chi connectivity index (χ1n) is 10.3. The van der Waals surface area contributed by atoms with Crippen LogP contribution in [-0.4, -0.2) is 53.6 Å². The summed E-state index contributed by atoms with van der Waals surface area (Å²) in [6.07, 6.45) is 5.81. The molecule has 0 heterocycles. The minimum Gasteiger partial charge on any atom is -0.493 e. The van der Waals surface area contributed by atoms with E-state index in [0.29, 0.717) is 25.2 Å². The Balaban J connectivity index is 0.00000420. The van der Waals surface area contributed by atoms with E-state index >= 15 is 0 Å². The molecule has 0 amide bonds. The van der Waals surface area contributed by atoms with Crippen molar-refractivity contribution >= 4 is 29.9 Å². The summed E-state index contributed by atoms with van der Waals surface area (Å²) >= 11 is 0. The normalized spacial score (nSPS) is 15.2. The predicted molar refractivity (Wildman–Crippen MR) is 130 cm³/mol. The van der Waals surface area contributed by atoms with Crippen molar-refractivity contribution in [3.8, 4) is 5.75 Å². The molecule has 0 aliphatic heterocycles. The van der Waals surface area contributed by atoms with E-state index < -0.39 is 0 Å². The molecule has 6 nitrogen and oxygen atoms in total. The summed E-state index contributed by atoms with van der Waals surface area (Å²) in [5.74, 6) is 1.75. The van der Waals surface area contributed by atoms with Gasteiger partial charge in [0.05, 0.1) is 6.61 Å². The fourth-order valence-corrected chi connectivity index (χ4v) is 3.51. The van der Waals surface area contributed by atoms with Crippen LogP contribution in [0.2, 0.25) is 0 Å². The van der Waals surface area contributed by atoms with Crippen molar-refractivity contribution in [1.29, 1.82) is 0 Å². The quantitative estimate of drug-likeness (QED) is 0.190. The van der Waals surface area contributed by atoms with Crippen LogP contribution in [0.3, 0.4) is 0 Å². The molecule has 0 spiro atoms. The fourth-order valence-electron chi connectivity index (χ4n) is 3.51. The van der Waals surface area contributed by atoms with Crippen LogP contribution < -0.4 is 15.4 Å². The van der Waals surface area contributed by atoms with Gasteiger partial charge in [0.25, 0.3) is 0 Å². The van der Waals surface area contributed by atoms with E-state index in [9.17, 15) is 0 Å². The Labute approximate surface area is 193 Å². The lowest BCUT2D eigenvalue weighted by molar-refractivity contribution is 0.0732. The first kappa shape index (κ1) is 26.0. The maximum absolute atomic E-state index is 5.98. The minimum absolute atomic E-state index is 0. The maximum atomic E-state index is 5.98. The molecule has 1 aromatic rings. The summed E-state index contributed by atoms with van der Waals surface area (Å²) < 4.78 is 16.4. The van der Waals surface area contributed by atoms with E-state index in [0.717, 1.165) is 43.3 Å². The highest BCUT2D eigenvalue weighted by molar-refractivity contribution is 14.0. The first-order valence-corrected chi connectivity index (χ1v) is 10.3. The summed E-state index contributed by atoms with van der Waals surface area (Å²) in [4.78, 5) is 4.38. The molecule has 0 saturated heterocycles. The number of guanidine groups is 1. The summed E-state index contributed by atoms with van der Waals surface area (Å²) in [5.41, 5.74) is 2.68. The van der Waals surface area contributed by atoms with E-state index in [1.807, 2.05) is 7.05 Å². The van der Waals surface area contributed by atoms with Crippen molar-refractivity contribution in [3.05, 3.63) is 29.3 Å². The van der Waals surface area contributed by atoms with E-state index in [1.54, 1.807) is 14.2 Å². The van der Waals surface area contributed by atoms with Gasteiger partial charge in [-0.25, -0.2) is 0 Å². The van der Waals surface area contributed by atoms with Crippen LogP contribution in [0.4, 0.5) is 0 Å². The lowest BCUT2D eigenvalue weighted by atomic mass is 9.67. The highest BCUT2D eigenvalue weighted by Gasteiger charge is 2.36. The van der Waals surface area contributed by atoms with Crippen LogP contribution in [0.15, 0.2) is 23.2 Å². The first-order chi connectivity index (χ1) is 13.6. The predicted octanol–water partition coefficient (Wildman–Crippen LogP) is 3.90. The maximum Gasteiger partial charge on any atom is 0.191 e. The third-order valence-electron chi connectivity index (χ3n) is 5.52. The number of benzene rings is 1. The largest absolute Gasteiger partial charge is 0.493 e. The zero-order valence-electron chi connectivity index (χ0n) is 18.4. The number of hydrogen-bond acceptors (Lipinski definition) is 4. The standard InChI is InChI=1S/C22H37N3O3.HI/c1-18-7-8-19(20(15-18)28-13-6-12-26-3)16-24-21(23-2)25-17-22(9-5-10-22)11-14-27-4;/h7-8,15H,5-6,9-14,16-17H2,1-4H3,(H2,23,24,25);1H. The number of nitrogens with zero attached hydrogens (tertiary/aromatic N) is 1. The molecule has 0 aromatic heterocycles. The summed E-state index contributed by atoms with van der Waals surface area (Å²) in [6, 6.07) is 6.32. The van der Waals surface area contributed by atoms with Gasteiger partial charge in [0.1, 0.15) is 5.75 Å². The van der Waals surface area contributed by atoms with Gasteiger partial charge in [-0.3, -0.25) is 4.99 Å². The number of nitrogens with one attached hydrogen (secondary N) is 2. The fraction of sp³-hybridized carbons (Fsp3) is 0.682. The molecule has 1 aliphatic rings. The zero-order valence-corrected chi connectivity index (χ0v) is 20.7. The van der Waals surface area contributed by atoms with Crippen molar-refractivity contribution in [2.45, 2.75) is 45.6 Å². The summed E-state index contributed by atoms with van der Waals surface area (Å²) in [7, 11) is 5.30. The second kappa shape index (κ2) is 14.0. The molecule has 29 heavy (non-hydrogen) atoms. The molecular weight excluding hydrogens is 481 g/mol. The summed E-state index contributed by atoms with van der Waals surface area (Å²) in [6.45, 7) is 5.87. The van der Waals surface area contributed by atoms with Gasteiger partial charge in [0.15, 0.2) is 5.96 Å². The number of ether oxygens (including phenoxy) is 3. The molecule has 7 heteroatoms. The lowest BCUT2D eigenvalue weighted by Crippen LogP contribution is -2.46. The van der Waals surface area contributed by atoms with E-state index in [1.165, 1.54) is 24.8 Å². The third-order valence-corrected chi connectivity index (χ3v) is 5.52. The molecule has 0 unspecified atom stereocenters. The Morgan fingerprint density at radius 2 is 1.86 bits per heavy atom. The number of rotatable bonds is 12. The van der Waals surface area contributed by atoms with Crippen LogP contribution in [-0.2, 0) is 16.0 Å². The Morgan fingerprint density at radius 3 is 2.48 bits per heavy atom. The zero-order chi connectivity index (χ0) is 20.2. The van der Waals surface area contributed by atoms with E-state index in [4.69, 9.17) is 14.2 Å². The van der Waals surface area contributed by atoms with Crippen LogP contribution in [0.25, 0.3) is 0 Å². The molecule has 1 aliphatic carbocycles. The Kier molecular flexibility index (Phi) is 12.6. The number of aryl methyl sites for hydroxylation is 1. The molecule has 2 rings (SSSR count). The Hall–Kier alpha value is -1.06. The van der Waals surface area contributed by atoms with Crippen LogP contribution in [0.1, 0.15) is 43.2 Å². The topological polar surface area (TPSA) is 64.1 Å².